The molecule has 0 N–H and O–H groups in total. The highest BCUT2D eigenvalue weighted by Crippen LogP contribution is 2.27. The number of hydrogen-bond donors (Lipinski definition) is 0. The van der Waals surface area contributed by atoms with E-state index in [2.05, 4.69) is 9.97 Å². The zero-order valence-corrected chi connectivity index (χ0v) is 11.4. The van der Waals surface area contributed by atoms with Gasteiger partial charge >= 0.3 is 5.97 Å². The molecule has 6 heteroatoms. The molecule has 0 aliphatic rings. The van der Waals surface area contributed by atoms with Crippen molar-refractivity contribution in [2.75, 3.05) is 25.6 Å². The van der Waals surface area contributed by atoms with Gasteiger partial charge in [0.05, 0.1) is 23.2 Å². The van der Waals surface area contributed by atoms with Gasteiger partial charge < -0.3 is 9.64 Å². The molecule has 1 unspecified atom stereocenters. The van der Waals surface area contributed by atoms with Crippen molar-refractivity contribution in [3.05, 3.63) is 17.8 Å². The average Bonchev–Trinajstić information content (AvgIpc) is 2.85. The van der Waals surface area contributed by atoms with Gasteiger partial charge in [0.2, 0.25) is 0 Å². The minimum atomic E-state index is -0.210. The maximum atomic E-state index is 11.4. The molecular weight excluding hydrogens is 250 g/mol. The number of methoxy groups -OCH3 is 1. The third-order valence-electron chi connectivity index (χ3n) is 2.74. The average molecular weight is 265 g/mol. The Kier molecular flexibility index (Phi) is 3.76. The second-order valence-corrected chi connectivity index (χ2v) is 5.05. The number of carbonyl (C=O) groups is 1. The van der Waals surface area contributed by atoms with E-state index in [-0.39, 0.29) is 11.9 Å². The molecule has 2 aromatic rings. The fraction of sp³-hybridized carbons (Fsp3) is 0.417. The molecular formula is C12H15N3O2S. The van der Waals surface area contributed by atoms with Crippen LogP contribution in [0.3, 0.4) is 0 Å². The van der Waals surface area contributed by atoms with Crippen LogP contribution in [0.15, 0.2) is 17.8 Å². The summed E-state index contributed by atoms with van der Waals surface area (Å²) in [5.41, 5.74) is 0.933. The Morgan fingerprint density at radius 2 is 2.33 bits per heavy atom. The summed E-state index contributed by atoms with van der Waals surface area (Å²) in [5.74, 6) is 0.453. The number of carbonyl (C=O) groups excluding carboxylic acids is 1. The van der Waals surface area contributed by atoms with Gasteiger partial charge in [0.25, 0.3) is 0 Å². The Morgan fingerprint density at radius 1 is 1.56 bits per heavy atom. The minimum absolute atomic E-state index is 0.190. The lowest BCUT2D eigenvalue weighted by atomic mass is 10.2. The number of thiophene rings is 1. The first-order valence-electron chi connectivity index (χ1n) is 5.60. The molecule has 0 saturated carbocycles. The topological polar surface area (TPSA) is 55.3 Å². The largest absolute Gasteiger partial charge is 0.469 e. The molecule has 2 aromatic heterocycles. The Hall–Kier alpha value is -1.69. The molecule has 1 atom stereocenters. The van der Waals surface area contributed by atoms with Crippen LogP contribution >= 0.6 is 11.3 Å². The van der Waals surface area contributed by atoms with Crippen LogP contribution in [0, 0.1) is 5.92 Å². The van der Waals surface area contributed by atoms with Gasteiger partial charge in [0, 0.05) is 13.6 Å². The fourth-order valence-corrected chi connectivity index (χ4v) is 2.71. The smallest absolute Gasteiger partial charge is 0.310 e. The quantitative estimate of drug-likeness (QED) is 0.791. The predicted octanol–water partition coefficient (Wildman–Crippen LogP) is 1.94. The van der Waals surface area contributed by atoms with Crippen LogP contribution in [-0.2, 0) is 9.53 Å². The summed E-state index contributed by atoms with van der Waals surface area (Å²) in [7, 11) is 3.32. The van der Waals surface area contributed by atoms with Gasteiger partial charge in [-0.1, -0.05) is 6.92 Å². The monoisotopic (exact) mass is 265 g/mol. The summed E-state index contributed by atoms with van der Waals surface area (Å²) in [6, 6.07) is 1.96. The number of anilines is 1. The van der Waals surface area contributed by atoms with E-state index in [0.717, 1.165) is 16.0 Å². The van der Waals surface area contributed by atoms with Crippen molar-refractivity contribution in [2.45, 2.75) is 6.92 Å². The van der Waals surface area contributed by atoms with Crippen LogP contribution in [-0.4, -0.2) is 36.6 Å². The van der Waals surface area contributed by atoms with Gasteiger partial charge in [0.1, 0.15) is 12.1 Å². The van der Waals surface area contributed by atoms with Gasteiger partial charge in [-0.05, 0) is 11.4 Å². The van der Waals surface area contributed by atoms with E-state index in [1.54, 1.807) is 17.7 Å². The molecule has 2 heterocycles. The first-order chi connectivity index (χ1) is 8.63. The zero-order valence-electron chi connectivity index (χ0n) is 10.6. The van der Waals surface area contributed by atoms with Crippen LogP contribution < -0.4 is 4.90 Å². The molecule has 18 heavy (non-hydrogen) atoms. The van der Waals surface area contributed by atoms with E-state index in [1.165, 1.54) is 7.11 Å². The fourth-order valence-electron chi connectivity index (χ4n) is 1.82. The van der Waals surface area contributed by atoms with E-state index in [4.69, 9.17) is 4.74 Å². The van der Waals surface area contributed by atoms with Gasteiger partial charge in [-0.2, -0.15) is 0 Å². The molecule has 0 amide bonds. The van der Waals surface area contributed by atoms with Crippen molar-refractivity contribution >= 4 is 33.3 Å². The first-order valence-corrected chi connectivity index (χ1v) is 6.48. The van der Waals surface area contributed by atoms with Crippen molar-refractivity contribution < 1.29 is 9.53 Å². The summed E-state index contributed by atoms with van der Waals surface area (Å²) in [4.78, 5) is 21.9. The molecule has 0 aromatic carbocycles. The first kappa shape index (κ1) is 12.8. The Morgan fingerprint density at radius 3 is 3.06 bits per heavy atom. The van der Waals surface area contributed by atoms with Crippen molar-refractivity contribution in [1.29, 1.82) is 0 Å². The van der Waals surface area contributed by atoms with E-state index >= 15 is 0 Å². The van der Waals surface area contributed by atoms with Crippen LogP contribution in [0.1, 0.15) is 6.92 Å². The Bertz CT molecular complexity index is 555. The molecule has 2 rings (SSSR count). The highest BCUT2D eigenvalue weighted by Gasteiger charge is 2.18. The van der Waals surface area contributed by atoms with Gasteiger partial charge in [-0.15, -0.1) is 11.3 Å². The van der Waals surface area contributed by atoms with Crippen molar-refractivity contribution in [3.8, 4) is 0 Å². The van der Waals surface area contributed by atoms with Gasteiger partial charge in [-0.25, -0.2) is 9.97 Å². The maximum Gasteiger partial charge on any atom is 0.310 e. The molecule has 0 spiro atoms. The number of nitrogens with zero attached hydrogens (tertiary/aromatic N) is 3. The van der Waals surface area contributed by atoms with Crippen molar-refractivity contribution in [1.82, 2.24) is 9.97 Å². The lowest BCUT2D eigenvalue weighted by Crippen LogP contribution is -2.29. The third kappa shape index (κ3) is 2.43. The van der Waals surface area contributed by atoms with E-state index in [9.17, 15) is 4.79 Å². The molecule has 0 aliphatic carbocycles. The van der Waals surface area contributed by atoms with E-state index in [1.807, 2.05) is 30.3 Å². The highest BCUT2D eigenvalue weighted by atomic mass is 32.1. The molecule has 0 aliphatic heterocycles. The Balaban J connectivity index is 2.20. The lowest BCUT2D eigenvalue weighted by molar-refractivity contribution is -0.144. The Labute approximate surface area is 109 Å². The second kappa shape index (κ2) is 5.30. The molecule has 0 radical (unpaired) electrons. The molecule has 0 saturated heterocycles. The highest BCUT2D eigenvalue weighted by molar-refractivity contribution is 7.17. The molecule has 5 nitrogen and oxygen atoms in total. The molecule has 0 fully saturated rings. The molecule has 96 valence electrons. The van der Waals surface area contributed by atoms with Crippen LogP contribution in [0.4, 0.5) is 5.82 Å². The standard InChI is InChI=1S/C12H15N3O2S/c1-8(12(16)17-3)6-15(2)11-10-9(4-5-18-10)13-7-14-11/h4-5,7-8H,6H2,1-3H3. The summed E-state index contributed by atoms with van der Waals surface area (Å²) >= 11 is 1.60. The third-order valence-corrected chi connectivity index (χ3v) is 3.64. The van der Waals surface area contributed by atoms with E-state index < -0.39 is 0 Å². The van der Waals surface area contributed by atoms with Gasteiger partial charge in [-0.3, -0.25) is 4.79 Å². The summed E-state index contributed by atoms with van der Waals surface area (Å²) < 4.78 is 5.76. The number of aromatic nitrogens is 2. The van der Waals surface area contributed by atoms with Crippen LogP contribution in [0.5, 0.6) is 0 Å². The summed E-state index contributed by atoms with van der Waals surface area (Å²) in [6.45, 7) is 2.41. The number of fused-ring (bicyclic) bond motifs is 1. The second-order valence-electron chi connectivity index (χ2n) is 4.14. The van der Waals surface area contributed by atoms with E-state index in [0.29, 0.717) is 6.54 Å². The summed E-state index contributed by atoms with van der Waals surface area (Å²) in [6.07, 6.45) is 1.55. The maximum absolute atomic E-state index is 11.4. The van der Waals surface area contributed by atoms with Crippen molar-refractivity contribution in [3.63, 3.8) is 0 Å². The lowest BCUT2D eigenvalue weighted by Gasteiger charge is -2.21. The van der Waals surface area contributed by atoms with Crippen LogP contribution in [0.2, 0.25) is 0 Å². The zero-order chi connectivity index (χ0) is 13.1. The van der Waals surface area contributed by atoms with Gasteiger partial charge in [0.15, 0.2) is 0 Å². The number of ether oxygens (including phenoxy) is 1. The number of esters is 1. The normalized spacial score (nSPS) is 12.4. The van der Waals surface area contributed by atoms with Crippen LogP contribution in [0.25, 0.3) is 10.2 Å². The predicted molar refractivity (Wildman–Crippen MR) is 71.9 cm³/mol. The number of hydrogen-bond acceptors (Lipinski definition) is 6. The number of rotatable bonds is 4. The minimum Gasteiger partial charge on any atom is -0.469 e. The SMILES string of the molecule is COC(=O)C(C)CN(C)c1ncnc2ccsc12. The summed E-state index contributed by atoms with van der Waals surface area (Å²) in [5, 5.41) is 1.99. The van der Waals surface area contributed by atoms with Crippen molar-refractivity contribution in [2.24, 2.45) is 5.92 Å². The molecule has 0 bridgehead atoms.